The first kappa shape index (κ1) is 7.78. The molecule has 2 nitrogen and oxygen atoms in total. The van der Waals surface area contributed by atoms with E-state index in [0.717, 1.165) is 9.39 Å². The molecule has 0 spiro atoms. The van der Waals surface area contributed by atoms with E-state index in [4.69, 9.17) is 0 Å². The third kappa shape index (κ3) is 1.83. The summed E-state index contributed by atoms with van der Waals surface area (Å²) < 4.78 is 1.03. The van der Waals surface area contributed by atoms with Gasteiger partial charge in [0.2, 0.25) is 0 Å². The van der Waals surface area contributed by atoms with Crippen LogP contribution in [-0.4, -0.2) is 19.1 Å². The molecule has 0 bridgehead atoms. The van der Waals surface area contributed by atoms with E-state index in [0.29, 0.717) is 0 Å². The van der Waals surface area contributed by atoms with Gasteiger partial charge in [0.15, 0.2) is 0 Å². The summed E-state index contributed by atoms with van der Waals surface area (Å²) in [5, 5.41) is 0. The van der Waals surface area contributed by atoms with Crippen LogP contribution in [0.1, 0.15) is 0 Å². The molecule has 0 fully saturated rings. The summed E-state index contributed by atoms with van der Waals surface area (Å²) >= 11 is 2.19. The van der Waals surface area contributed by atoms with Crippen LogP contribution in [0.2, 0.25) is 0 Å². The molecule has 0 aromatic carbocycles. The highest BCUT2D eigenvalue weighted by molar-refractivity contribution is 14.1. The topological polar surface area (TPSA) is 16.1 Å². The molecule has 54 valence electrons. The lowest BCUT2D eigenvalue weighted by atomic mass is 10.4. The Bertz CT molecular complexity index is 205. The predicted molar refractivity (Wildman–Crippen MR) is 51.3 cm³/mol. The van der Waals surface area contributed by atoms with E-state index in [1.54, 1.807) is 0 Å². The SMILES string of the molecule is CN(C)c1ccc(I)nc1. The molecule has 1 aromatic heterocycles. The second-order valence-corrected chi connectivity index (χ2v) is 3.34. The fourth-order valence-electron chi connectivity index (χ4n) is 0.633. The van der Waals surface area contributed by atoms with E-state index in [1.807, 2.05) is 31.3 Å². The Balaban J connectivity index is 2.89. The quantitative estimate of drug-likeness (QED) is 0.556. The lowest BCUT2D eigenvalue weighted by molar-refractivity contribution is 1.10. The first-order valence-corrected chi connectivity index (χ1v) is 4.07. The fraction of sp³-hybridized carbons (Fsp3) is 0.286. The van der Waals surface area contributed by atoms with E-state index in [9.17, 15) is 0 Å². The highest BCUT2D eigenvalue weighted by Crippen LogP contribution is 2.09. The van der Waals surface area contributed by atoms with Crippen LogP contribution in [0.5, 0.6) is 0 Å². The van der Waals surface area contributed by atoms with Gasteiger partial charge in [-0.05, 0) is 34.7 Å². The normalized spacial score (nSPS) is 9.50. The van der Waals surface area contributed by atoms with Crippen molar-refractivity contribution >= 4 is 28.3 Å². The standard InChI is InChI=1S/C7H9IN2/c1-10(2)6-3-4-7(8)9-5-6/h3-5H,1-2H3. The van der Waals surface area contributed by atoms with E-state index < -0.39 is 0 Å². The summed E-state index contributed by atoms with van der Waals surface area (Å²) in [5.41, 5.74) is 1.14. The van der Waals surface area contributed by atoms with Crippen molar-refractivity contribution in [3.63, 3.8) is 0 Å². The van der Waals surface area contributed by atoms with Gasteiger partial charge in [-0.1, -0.05) is 0 Å². The van der Waals surface area contributed by atoms with Crippen LogP contribution in [-0.2, 0) is 0 Å². The van der Waals surface area contributed by atoms with Crippen molar-refractivity contribution in [3.8, 4) is 0 Å². The lowest BCUT2D eigenvalue weighted by Gasteiger charge is -2.10. The summed E-state index contributed by atoms with van der Waals surface area (Å²) in [6.07, 6.45) is 1.86. The smallest absolute Gasteiger partial charge is 0.101 e. The van der Waals surface area contributed by atoms with Gasteiger partial charge < -0.3 is 4.90 Å². The van der Waals surface area contributed by atoms with Crippen LogP contribution in [0.4, 0.5) is 5.69 Å². The van der Waals surface area contributed by atoms with Crippen molar-refractivity contribution in [2.45, 2.75) is 0 Å². The molecule has 10 heavy (non-hydrogen) atoms. The third-order valence-corrected chi connectivity index (χ3v) is 1.87. The van der Waals surface area contributed by atoms with Crippen molar-refractivity contribution in [2.75, 3.05) is 19.0 Å². The Hall–Kier alpha value is -0.320. The molecule has 1 aromatic rings. The first-order chi connectivity index (χ1) is 4.70. The molecule has 0 unspecified atom stereocenters. The zero-order valence-electron chi connectivity index (χ0n) is 6.00. The fourth-order valence-corrected chi connectivity index (χ4v) is 0.952. The van der Waals surface area contributed by atoms with E-state index in [2.05, 4.69) is 33.6 Å². The minimum atomic E-state index is 1.03. The van der Waals surface area contributed by atoms with E-state index in [-0.39, 0.29) is 0 Å². The molecule has 0 aliphatic heterocycles. The molecule has 0 atom stereocenters. The number of aromatic nitrogens is 1. The van der Waals surface area contributed by atoms with Gasteiger partial charge in [0, 0.05) is 14.1 Å². The van der Waals surface area contributed by atoms with Crippen molar-refractivity contribution < 1.29 is 0 Å². The second-order valence-electron chi connectivity index (χ2n) is 2.23. The molecule has 3 heteroatoms. The minimum Gasteiger partial charge on any atom is -0.376 e. The number of hydrogen-bond donors (Lipinski definition) is 0. The van der Waals surface area contributed by atoms with Crippen LogP contribution >= 0.6 is 22.6 Å². The van der Waals surface area contributed by atoms with Gasteiger partial charge in [0.25, 0.3) is 0 Å². The van der Waals surface area contributed by atoms with Gasteiger partial charge in [0.1, 0.15) is 3.70 Å². The van der Waals surface area contributed by atoms with Crippen LogP contribution < -0.4 is 4.90 Å². The Morgan fingerprint density at radius 3 is 2.50 bits per heavy atom. The first-order valence-electron chi connectivity index (χ1n) is 2.99. The molecule has 1 rings (SSSR count). The number of pyridine rings is 1. The molecule has 0 N–H and O–H groups in total. The molecular weight excluding hydrogens is 239 g/mol. The summed E-state index contributed by atoms with van der Waals surface area (Å²) in [6, 6.07) is 4.05. The number of anilines is 1. The molecule has 0 saturated heterocycles. The minimum absolute atomic E-state index is 1.03. The van der Waals surface area contributed by atoms with Crippen LogP contribution in [0.3, 0.4) is 0 Å². The summed E-state index contributed by atoms with van der Waals surface area (Å²) in [5.74, 6) is 0. The summed E-state index contributed by atoms with van der Waals surface area (Å²) in [7, 11) is 4.01. The van der Waals surface area contributed by atoms with E-state index >= 15 is 0 Å². The molecule has 0 saturated carbocycles. The van der Waals surface area contributed by atoms with Gasteiger partial charge in [-0.3, -0.25) is 0 Å². The van der Waals surface area contributed by atoms with Gasteiger partial charge in [-0.2, -0.15) is 0 Å². The number of nitrogens with zero attached hydrogens (tertiary/aromatic N) is 2. The Labute approximate surface area is 74.4 Å². The average molecular weight is 248 g/mol. The molecular formula is C7H9IN2. The van der Waals surface area contributed by atoms with Gasteiger partial charge >= 0.3 is 0 Å². The van der Waals surface area contributed by atoms with Gasteiger partial charge in [-0.15, -0.1) is 0 Å². The predicted octanol–water partition coefficient (Wildman–Crippen LogP) is 1.75. The van der Waals surface area contributed by atoms with Crippen LogP contribution in [0.25, 0.3) is 0 Å². The Kier molecular flexibility index (Phi) is 2.48. The van der Waals surface area contributed by atoms with Crippen LogP contribution in [0, 0.1) is 3.70 Å². The number of hydrogen-bond acceptors (Lipinski definition) is 2. The maximum Gasteiger partial charge on any atom is 0.101 e. The molecule has 0 amide bonds. The van der Waals surface area contributed by atoms with Gasteiger partial charge in [-0.25, -0.2) is 4.98 Å². The zero-order chi connectivity index (χ0) is 7.56. The van der Waals surface area contributed by atoms with Crippen molar-refractivity contribution in [1.29, 1.82) is 0 Å². The Morgan fingerprint density at radius 2 is 2.10 bits per heavy atom. The zero-order valence-corrected chi connectivity index (χ0v) is 8.16. The number of rotatable bonds is 1. The molecule has 0 aliphatic carbocycles. The molecule has 0 radical (unpaired) electrons. The third-order valence-electron chi connectivity index (χ3n) is 1.23. The van der Waals surface area contributed by atoms with Crippen molar-refractivity contribution in [2.24, 2.45) is 0 Å². The highest BCUT2D eigenvalue weighted by atomic mass is 127. The van der Waals surface area contributed by atoms with Crippen LogP contribution in [0.15, 0.2) is 18.3 Å². The lowest BCUT2D eigenvalue weighted by Crippen LogP contribution is -2.08. The molecule has 1 heterocycles. The second kappa shape index (κ2) is 3.18. The largest absolute Gasteiger partial charge is 0.376 e. The summed E-state index contributed by atoms with van der Waals surface area (Å²) in [6.45, 7) is 0. The van der Waals surface area contributed by atoms with Crippen molar-refractivity contribution in [3.05, 3.63) is 22.0 Å². The number of halogens is 1. The van der Waals surface area contributed by atoms with Crippen molar-refractivity contribution in [1.82, 2.24) is 4.98 Å². The molecule has 0 aliphatic rings. The highest BCUT2D eigenvalue weighted by Gasteiger charge is 1.92. The average Bonchev–Trinajstić information content (AvgIpc) is 1.88. The maximum absolute atomic E-state index is 4.15. The van der Waals surface area contributed by atoms with E-state index in [1.165, 1.54) is 0 Å². The monoisotopic (exact) mass is 248 g/mol. The Morgan fingerprint density at radius 1 is 1.40 bits per heavy atom. The summed E-state index contributed by atoms with van der Waals surface area (Å²) in [4.78, 5) is 6.18. The van der Waals surface area contributed by atoms with Gasteiger partial charge in [0.05, 0.1) is 11.9 Å². The maximum atomic E-state index is 4.15.